The van der Waals surface area contributed by atoms with Crippen molar-refractivity contribution in [2.75, 3.05) is 0 Å². The Bertz CT molecular complexity index is 474. The van der Waals surface area contributed by atoms with E-state index in [1.54, 1.807) is 0 Å². The fraction of sp³-hybridized carbons (Fsp3) is 0.727. The molecule has 0 aliphatic rings. The highest BCUT2D eigenvalue weighted by Crippen LogP contribution is 2.35. The summed E-state index contributed by atoms with van der Waals surface area (Å²) in [6.45, 7) is 11.1. The molecule has 132 valence electrons. The molecule has 0 aromatic heterocycles. The summed E-state index contributed by atoms with van der Waals surface area (Å²) in [7, 11) is 0. The molecule has 1 heteroatoms. The smallest absolute Gasteiger partial charge is 0.122 e. The van der Waals surface area contributed by atoms with Crippen molar-refractivity contribution >= 4 is 0 Å². The van der Waals surface area contributed by atoms with Crippen molar-refractivity contribution < 1.29 is 5.11 Å². The van der Waals surface area contributed by atoms with Crippen LogP contribution in [0.15, 0.2) is 0 Å². The minimum Gasteiger partial charge on any atom is -0.507 e. The van der Waals surface area contributed by atoms with Gasteiger partial charge < -0.3 is 5.11 Å². The molecule has 0 aliphatic heterocycles. The van der Waals surface area contributed by atoms with Crippen molar-refractivity contribution in [3.63, 3.8) is 0 Å². The highest BCUT2D eigenvalue weighted by atomic mass is 16.3. The number of phenolic OH excluding ortho intramolecular Hbond substituents is 1. The lowest BCUT2D eigenvalue weighted by Crippen LogP contribution is -2.06. The molecule has 1 aromatic rings. The maximum absolute atomic E-state index is 10.8. The van der Waals surface area contributed by atoms with Crippen LogP contribution < -0.4 is 0 Å². The van der Waals surface area contributed by atoms with Crippen LogP contribution in [-0.2, 0) is 19.3 Å². The Morgan fingerprint density at radius 2 is 1.17 bits per heavy atom. The van der Waals surface area contributed by atoms with E-state index in [0.29, 0.717) is 5.75 Å². The average Bonchev–Trinajstić information content (AvgIpc) is 2.55. The van der Waals surface area contributed by atoms with Crippen LogP contribution in [-0.4, -0.2) is 5.11 Å². The minimum absolute atomic E-state index is 0.587. The molecule has 0 unspecified atom stereocenters. The molecule has 0 atom stereocenters. The van der Waals surface area contributed by atoms with Crippen LogP contribution in [0, 0.1) is 13.8 Å². The van der Waals surface area contributed by atoms with Crippen LogP contribution in [0.2, 0.25) is 0 Å². The Labute approximate surface area is 144 Å². The molecule has 1 N–H and O–H groups in total. The number of hydrogen-bond acceptors (Lipinski definition) is 1. The quantitative estimate of drug-likeness (QED) is 0.444. The van der Waals surface area contributed by atoms with Gasteiger partial charge in [0.15, 0.2) is 0 Å². The van der Waals surface area contributed by atoms with E-state index in [4.69, 9.17) is 0 Å². The Morgan fingerprint density at radius 1 is 0.565 bits per heavy atom. The lowest BCUT2D eigenvalue weighted by molar-refractivity contribution is 0.459. The fourth-order valence-electron chi connectivity index (χ4n) is 3.60. The number of benzene rings is 1. The van der Waals surface area contributed by atoms with Gasteiger partial charge in [-0.3, -0.25) is 0 Å². The second-order valence-electron chi connectivity index (χ2n) is 7.05. The van der Waals surface area contributed by atoms with Crippen molar-refractivity contribution in [3.8, 4) is 5.75 Å². The molecule has 0 saturated carbocycles. The first-order chi connectivity index (χ1) is 11.1. The van der Waals surface area contributed by atoms with Crippen molar-refractivity contribution in [1.82, 2.24) is 0 Å². The Morgan fingerprint density at radius 3 is 1.78 bits per heavy atom. The molecular formula is C22H38O. The lowest BCUT2D eigenvalue weighted by Gasteiger charge is -2.21. The van der Waals surface area contributed by atoms with Crippen LogP contribution in [0.25, 0.3) is 0 Å². The maximum Gasteiger partial charge on any atom is 0.122 e. The molecule has 0 radical (unpaired) electrons. The lowest BCUT2D eigenvalue weighted by atomic mass is 9.85. The molecule has 1 aromatic carbocycles. The molecule has 23 heavy (non-hydrogen) atoms. The molecular weight excluding hydrogens is 280 g/mol. The third-order valence-electron chi connectivity index (χ3n) is 5.20. The van der Waals surface area contributed by atoms with Gasteiger partial charge in [0.05, 0.1) is 0 Å². The van der Waals surface area contributed by atoms with E-state index in [1.165, 1.54) is 73.6 Å². The van der Waals surface area contributed by atoms with E-state index in [0.717, 1.165) is 24.8 Å². The van der Waals surface area contributed by atoms with Crippen molar-refractivity contribution in [2.24, 2.45) is 0 Å². The van der Waals surface area contributed by atoms with Crippen molar-refractivity contribution in [2.45, 2.75) is 105 Å². The molecule has 1 nitrogen and oxygen atoms in total. The second kappa shape index (κ2) is 10.7. The maximum atomic E-state index is 10.8. The van der Waals surface area contributed by atoms with Gasteiger partial charge in [0.1, 0.15) is 5.75 Å². The molecule has 0 saturated heterocycles. The van der Waals surface area contributed by atoms with E-state index in [1.807, 2.05) is 0 Å². The zero-order valence-electron chi connectivity index (χ0n) is 16.2. The zero-order chi connectivity index (χ0) is 17.2. The summed E-state index contributed by atoms with van der Waals surface area (Å²) in [4.78, 5) is 0. The highest BCUT2D eigenvalue weighted by molar-refractivity contribution is 5.54. The van der Waals surface area contributed by atoms with Crippen LogP contribution in [0.1, 0.15) is 100.0 Å². The predicted molar refractivity (Wildman–Crippen MR) is 103 cm³/mol. The van der Waals surface area contributed by atoms with Crippen molar-refractivity contribution in [1.29, 1.82) is 0 Å². The molecule has 0 spiro atoms. The van der Waals surface area contributed by atoms with Gasteiger partial charge in [0, 0.05) is 0 Å². The van der Waals surface area contributed by atoms with E-state index in [9.17, 15) is 5.11 Å². The molecule has 0 amide bonds. The molecule has 0 bridgehead atoms. The van der Waals surface area contributed by atoms with Gasteiger partial charge in [0.25, 0.3) is 0 Å². The largest absolute Gasteiger partial charge is 0.507 e. The number of unbranched alkanes of at least 4 members (excludes halogenated alkanes) is 5. The van der Waals surface area contributed by atoms with Crippen LogP contribution in [0.3, 0.4) is 0 Å². The predicted octanol–water partition coefficient (Wildman–Crippen LogP) is 6.82. The van der Waals surface area contributed by atoms with Gasteiger partial charge in [0.2, 0.25) is 0 Å². The summed E-state index contributed by atoms with van der Waals surface area (Å²) < 4.78 is 0. The summed E-state index contributed by atoms with van der Waals surface area (Å²) in [5.41, 5.74) is 6.70. The summed E-state index contributed by atoms with van der Waals surface area (Å²) in [5.74, 6) is 0.587. The van der Waals surface area contributed by atoms with Gasteiger partial charge in [-0.15, -0.1) is 0 Å². The van der Waals surface area contributed by atoms with Gasteiger partial charge in [-0.05, 0) is 73.8 Å². The average molecular weight is 319 g/mol. The van der Waals surface area contributed by atoms with Crippen LogP contribution in [0.4, 0.5) is 0 Å². The van der Waals surface area contributed by atoms with E-state index < -0.39 is 0 Å². The van der Waals surface area contributed by atoms with Gasteiger partial charge in [-0.2, -0.15) is 0 Å². The fourth-order valence-corrected chi connectivity index (χ4v) is 3.60. The first kappa shape index (κ1) is 20.1. The van der Waals surface area contributed by atoms with Gasteiger partial charge >= 0.3 is 0 Å². The normalized spacial score (nSPS) is 11.2. The second-order valence-corrected chi connectivity index (χ2v) is 7.05. The third kappa shape index (κ3) is 5.55. The Kier molecular flexibility index (Phi) is 9.36. The third-order valence-corrected chi connectivity index (χ3v) is 5.20. The summed E-state index contributed by atoms with van der Waals surface area (Å²) in [6, 6.07) is 0. The van der Waals surface area contributed by atoms with Gasteiger partial charge in [-0.1, -0.05) is 59.3 Å². The van der Waals surface area contributed by atoms with E-state index >= 15 is 0 Å². The Hall–Kier alpha value is -0.980. The molecule has 0 heterocycles. The van der Waals surface area contributed by atoms with E-state index in [-0.39, 0.29) is 0 Å². The van der Waals surface area contributed by atoms with Gasteiger partial charge in [-0.25, -0.2) is 0 Å². The number of hydrogen-bond donors (Lipinski definition) is 1. The minimum atomic E-state index is 0.587. The molecule has 0 aliphatic carbocycles. The first-order valence-corrected chi connectivity index (χ1v) is 9.91. The summed E-state index contributed by atoms with van der Waals surface area (Å²) in [5, 5.41) is 10.8. The number of phenols is 1. The SMILES string of the molecule is CCCCCCCc1c(O)c(C)c(C)c(CCC)c1CCCC. The highest BCUT2D eigenvalue weighted by Gasteiger charge is 2.18. The summed E-state index contributed by atoms with van der Waals surface area (Å²) in [6.07, 6.45) is 13.4. The first-order valence-electron chi connectivity index (χ1n) is 9.91. The monoisotopic (exact) mass is 318 g/mol. The standard InChI is InChI=1S/C22H38O/c1-6-9-11-12-13-16-21-20(15-10-7-2)19(14-8-3)17(4)18(5)22(21)23/h23H,6-16H2,1-5H3. The topological polar surface area (TPSA) is 20.2 Å². The van der Waals surface area contributed by atoms with E-state index in [2.05, 4.69) is 34.6 Å². The number of rotatable bonds is 11. The number of aromatic hydroxyl groups is 1. The zero-order valence-corrected chi connectivity index (χ0v) is 16.2. The summed E-state index contributed by atoms with van der Waals surface area (Å²) >= 11 is 0. The molecule has 1 rings (SSSR count). The van der Waals surface area contributed by atoms with Crippen molar-refractivity contribution in [3.05, 3.63) is 27.8 Å². The van der Waals surface area contributed by atoms with Crippen LogP contribution >= 0.6 is 0 Å². The van der Waals surface area contributed by atoms with Crippen LogP contribution in [0.5, 0.6) is 5.75 Å². The Balaban J connectivity index is 3.07. The molecule has 0 fully saturated rings.